The number of ether oxygens (including phenoxy) is 1. The second-order valence-corrected chi connectivity index (χ2v) is 8.23. The number of unbranched alkanes of at least 4 members (excludes halogenated alkanes) is 9. The standard InChI is InChI=1S/C27H37NO/c1-3-4-5-6-7-8-9-10-11-12-16-24-20-23(18-19-27(24)29-2)26-21-22-15-13-14-17-25(22)28-26/h13-15,17-21,28H,3-12,16H2,1-2H3. The second kappa shape index (κ2) is 11.7. The zero-order valence-electron chi connectivity index (χ0n) is 18.3. The summed E-state index contributed by atoms with van der Waals surface area (Å²) in [4.78, 5) is 3.54. The normalized spacial score (nSPS) is 11.2. The predicted octanol–water partition coefficient (Wildman–Crippen LogP) is 8.31. The van der Waals surface area contributed by atoms with Crippen LogP contribution >= 0.6 is 0 Å². The Labute approximate surface area is 176 Å². The van der Waals surface area contributed by atoms with Crippen LogP contribution in [0.5, 0.6) is 5.75 Å². The molecule has 0 atom stereocenters. The Morgan fingerprint density at radius 3 is 2.14 bits per heavy atom. The van der Waals surface area contributed by atoms with E-state index < -0.39 is 0 Å². The van der Waals surface area contributed by atoms with Gasteiger partial charge < -0.3 is 9.72 Å². The minimum atomic E-state index is 1.01. The largest absolute Gasteiger partial charge is 0.496 e. The molecule has 2 heteroatoms. The first-order valence-electron chi connectivity index (χ1n) is 11.6. The van der Waals surface area contributed by atoms with Gasteiger partial charge in [0.1, 0.15) is 5.75 Å². The molecule has 0 amide bonds. The fraction of sp³-hybridized carbons (Fsp3) is 0.481. The van der Waals surface area contributed by atoms with Crippen molar-refractivity contribution in [3.63, 3.8) is 0 Å². The van der Waals surface area contributed by atoms with Crippen molar-refractivity contribution in [2.24, 2.45) is 0 Å². The van der Waals surface area contributed by atoms with Gasteiger partial charge >= 0.3 is 0 Å². The first-order chi connectivity index (χ1) is 14.3. The number of H-pyrrole nitrogens is 1. The number of hydrogen-bond donors (Lipinski definition) is 1. The molecule has 0 aliphatic carbocycles. The van der Waals surface area contributed by atoms with Crippen molar-refractivity contribution in [1.82, 2.24) is 4.98 Å². The third-order valence-electron chi connectivity index (χ3n) is 5.92. The average Bonchev–Trinajstić information content (AvgIpc) is 3.19. The minimum Gasteiger partial charge on any atom is -0.496 e. The number of rotatable bonds is 13. The summed E-state index contributed by atoms with van der Waals surface area (Å²) in [5.41, 5.74) is 4.93. The number of aromatic amines is 1. The monoisotopic (exact) mass is 391 g/mol. The summed E-state index contributed by atoms with van der Waals surface area (Å²) in [6.07, 6.45) is 14.8. The first kappa shape index (κ1) is 21.5. The van der Waals surface area contributed by atoms with Gasteiger partial charge in [-0.15, -0.1) is 0 Å². The number of aromatic nitrogens is 1. The molecule has 29 heavy (non-hydrogen) atoms. The third kappa shape index (κ3) is 6.39. The Balaban J connectivity index is 1.49. The molecule has 2 nitrogen and oxygen atoms in total. The third-order valence-corrected chi connectivity index (χ3v) is 5.92. The lowest BCUT2D eigenvalue weighted by Crippen LogP contribution is -1.94. The van der Waals surface area contributed by atoms with Crippen LogP contribution in [0.2, 0.25) is 0 Å². The van der Waals surface area contributed by atoms with E-state index >= 15 is 0 Å². The van der Waals surface area contributed by atoms with Crippen molar-refractivity contribution >= 4 is 10.9 Å². The summed E-state index contributed by atoms with van der Waals surface area (Å²) in [6.45, 7) is 2.28. The Morgan fingerprint density at radius 2 is 1.45 bits per heavy atom. The number of hydrogen-bond acceptors (Lipinski definition) is 1. The quantitative estimate of drug-likeness (QED) is 0.291. The van der Waals surface area contributed by atoms with Crippen molar-refractivity contribution < 1.29 is 4.74 Å². The lowest BCUT2D eigenvalue weighted by Gasteiger charge is -2.10. The van der Waals surface area contributed by atoms with Gasteiger partial charge in [0, 0.05) is 16.6 Å². The molecule has 1 aromatic heterocycles. The van der Waals surface area contributed by atoms with Gasteiger partial charge in [0.05, 0.1) is 7.11 Å². The van der Waals surface area contributed by atoms with Crippen LogP contribution in [0.25, 0.3) is 22.2 Å². The fourth-order valence-corrected chi connectivity index (χ4v) is 4.17. The molecule has 3 aromatic rings. The van der Waals surface area contributed by atoms with Crippen LogP contribution in [0.4, 0.5) is 0 Å². The molecule has 0 saturated heterocycles. The van der Waals surface area contributed by atoms with Gasteiger partial charge in [0.15, 0.2) is 0 Å². The van der Waals surface area contributed by atoms with Gasteiger partial charge in [-0.25, -0.2) is 0 Å². The molecule has 0 radical (unpaired) electrons. The van der Waals surface area contributed by atoms with Gasteiger partial charge in [0.2, 0.25) is 0 Å². The van der Waals surface area contributed by atoms with E-state index in [1.807, 2.05) is 0 Å². The van der Waals surface area contributed by atoms with Gasteiger partial charge in [0.25, 0.3) is 0 Å². The molecule has 2 aromatic carbocycles. The van der Waals surface area contributed by atoms with Crippen molar-refractivity contribution in [3.05, 3.63) is 54.1 Å². The van der Waals surface area contributed by atoms with E-state index in [0.29, 0.717) is 0 Å². The molecule has 0 unspecified atom stereocenters. The van der Waals surface area contributed by atoms with Gasteiger partial charge in [-0.05, 0) is 54.3 Å². The van der Waals surface area contributed by atoms with Crippen molar-refractivity contribution in [2.75, 3.05) is 7.11 Å². The maximum atomic E-state index is 5.63. The highest BCUT2D eigenvalue weighted by Crippen LogP contribution is 2.29. The summed E-state index contributed by atoms with van der Waals surface area (Å²) < 4.78 is 5.63. The van der Waals surface area contributed by atoms with Gasteiger partial charge in [-0.1, -0.05) is 82.9 Å². The highest BCUT2D eigenvalue weighted by Gasteiger charge is 2.08. The van der Waals surface area contributed by atoms with Crippen molar-refractivity contribution in [2.45, 2.75) is 77.6 Å². The lowest BCUT2D eigenvalue weighted by molar-refractivity contribution is 0.408. The SMILES string of the molecule is CCCCCCCCCCCCc1cc(-c2cc3ccccc3[nH]2)ccc1OC. The van der Waals surface area contributed by atoms with Gasteiger partial charge in [-0.3, -0.25) is 0 Å². The summed E-state index contributed by atoms with van der Waals surface area (Å²) in [5.74, 6) is 1.01. The molecule has 0 bridgehead atoms. The molecule has 0 saturated carbocycles. The van der Waals surface area contributed by atoms with E-state index in [1.165, 1.54) is 91.9 Å². The summed E-state index contributed by atoms with van der Waals surface area (Å²) in [7, 11) is 1.78. The molecular weight excluding hydrogens is 354 g/mol. The molecule has 1 heterocycles. The Morgan fingerprint density at radius 1 is 0.759 bits per heavy atom. The van der Waals surface area contributed by atoms with Crippen LogP contribution < -0.4 is 4.74 Å². The number of aryl methyl sites for hydroxylation is 1. The maximum absolute atomic E-state index is 5.63. The van der Waals surface area contributed by atoms with Crippen LogP contribution in [0.1, 0.15) is 76.7 Å². The smallest absolute Gasteiger partial charge is 0.122 e. The van der Waals surface area contributed by atoms with E-state index in [1.54, 1.807) is 7.11 Å². The second-order valence-electron chi connectivity index (χ2n) is 8.23. The fourth-order valence-electron chi connectivity index (χ4n) is 4.17. The number of para-hydroxylation sites is 1. The molecule has 1 N–H and O–H groups in total. The molecule has 0 aliphatic heterocycles. The van der Waals surface area contributed by atoms with E-state index in [2.05, 4.69) is 60.4 Å². The summed E-state index contributed by atoms with van der Waals surface area (Å²) in [5, 5.41) is 1.26. The van der Waals surface area contributed by atoms with Crippen LogP contribution in [0.3, 0.4) is 0 Å². The Kier molecular flexibility index (Phi) is 8.67. The highest BCUT2D eigenvalue weighted by atomic mass is 16.5. The number of benzene rings is 2. The molecule has 0 fully saturated rings. The molecule has 3 rings (SSSR count). The van der Waals surface area contributed by atoms with Crippen LogP contribution in [-0.2, 0) is 6.42 Å². The summed E-state index contributed by atoms with van der Waals surface area (Å²) >= 11 is 0. The zero-order chi connectivity index (χ0) is 20.3. The number of fused-ring (bicyclic) bond motifs is 1. The van der Waals surface area contributed by atoms with E-state index in [-0.39, 0.29) is 0 Å². The molecule has 156 valence electrons. The lowest BCUT2D eigenvalue weighted by atomic mass is 10.0. The Hall–Kier alpha value is -2.22. The van der Waals surface area contributed by atoms with Crippen LogP contribution in [0, 0.1) is 0 Å². The molecule has 0 spiro atoms. The maximum Gasteiger partial charge on any atom is 0.122 e. The van der Waals surface area contributed by atoms with E-state index in [0.717, 1.165) is 12.2 Å². The van der Waals surface area contributed by atoms with E-state index in [9.17, 15) is 0 Å². The number of methoxy groups -OCH3 is 1. The van der Waals surface area contributed by atoms with Gasteiger partial charge in [-0.2, -0.15) is 0 Å². The van der Waals surface area contributed by atoms with Crippen LogP contribution in [-0.4, -0.2) is 12.1 Å². The topological polar surface area (TPSA) is 25.0 Å². The molecular formula is C27H37NO. The Bertz CT molecular complexity index is 831. The molecule has 0 aliphatic rings. The first-order valence-corrected chi connectivity index (χ1v) is 11.6. The highest BCUT2D eigenvalue weighted by molar-refractivity contribution is 5.85. The van der Waals surface area contributed by atoms with Crippen molar-refractivity contribution in [1.29, 1.82) is 0 Å². The summed E-state index contributed by atoms with van der Waals surface area (Å²) in [6, 6.07) is 17.3. The van der Waals surface area contributed by atoms with Crippen molar-refractivity contribution in [3.8, 4) is 17.0 Å². The predicted molar refractivity (Wildman–Crippen MR) is 126 cm³/mol. The zero-order valence-corrected chi connectivity index (χ0v) is 18.3. The minimum absolute atomic E-state index is 1.01. The van der Waals surface area contributed by atoms with Crippen LogP contribution in [0.15, 0.2) is 48.5 Å². The van der Waals surface area contributed by atoms with E-state index in [4.69, 9.17) is 4.74 Å². The average molecular weight is 392 g/mol. The number of nitrogens with one attached hydrogen (secondary N) is 1.